The summed E-state index contributed by atoms with van der Waals surface area (Å²) >= 11 is 7.05. The Bertz CT molecular complexity index is 693. The van der Waals surface area contributed by atoms with Gasteiger partial charge < -0.3 is 14.5 Å². The first kappa shape index (κ1) is 14.6. The van der Waals surface area contributed by atoms with Crippen molar-refractivity contribution in [1.82, 2.24) is 4.98 Å². The molecule has 0 amide bonds. The lowest BCUT2D eigenvalue weighted by Gasteiger charge is -2.26. The number of thiophene rings is 1. The highest BCUT2D eigenvalue weighted by Crippen LogP contribution is 2.35. The summed E-state index contributed by atoms with van der Waals surface area (Å²) in [6.45, 7) is 4.90. The predicted molar refractivity (Wildman–Crippen MR) is 95.8 cm³/mol. The van der Waals surface area contributed by atoms with E-state index in [4.69, 9.17) is 9.72 Å². The Kier molecular flexibility index (Phi) is 4.17. The third kappa shape index (κ3) is 2.80. The third-order valence-corrected chi connectivity index (χ3v) is 6.57. The van der Waals surface area contributed by atoms with Crippen molar-refractivity contribution in [3.8, 4) is 0 Å². The summed E-state index contributed by atoms with van der Waals surface area (Å²) in [6, 6.07) is 2.15. The number of hydrogen-bond donors (Lipinski definition) is 0. The minimum absolute atomic E-state index is 0.668. The van der Waals surface area contributed by atoms with Crippen LogP contribution in [0.2, 0.25) is 0 Å². The van der Waals surface area contributed by atoms with Gasteiger partial charge in [0.2, 0.25) is 0 Å². The van der Waals surface area contributed by atoms with Crippen LogP contribution in [0.5, 0.6) is 0 Å². The second kappa shape index (κ2) is 6.27. The SMILES string of the molecule is Brc1sccc1CN1CN=Cc2sc(N3CCOCC3)nc21. The highest BCUT2D eigenvalue weighted by Gasteiger charge is 2.23. The van der Waals surface area contributed by atoms with Crippen molar-refractivity contribution >= 4 is 55.8 Å². The van der Waals surface area contributed by atoms with Gasteiger partial charge in [-0.2, -0.15) is 0 Å². The number of fused-ring (bicyclic) bond motifs is 1. The molecule has 116 valence electrons. The lowest BCUT2D eigenvalue weighted by Crippen LogP contribution is -2.36. The summed E-state index contributed by atoms with van der Waals surface area (Å²) in [4.78, 5) is 15.1. The molecule has 2 aliphatic rings. The van der Waals surface area contributed by atoms with Gasteiger partial charge in [0, 0.05) is 25.8 Å². The number of thiazole rings is 1. The number of halogens is 1. The zero-order chi connectivity index (χ0) is 14.9. The first-order valence-corrected chi connectivity index (χ1v) is 9.60. The lowest BCUT2D eigenvalue weighted by molar-refractivity contribution is 0.122. The van der Waals surface area contributed by atoms with Crippen molar-refractivity contribution in [2.75, 3.05) is 42.8 Å². The Hall–Kier alpha value is -0.960. The molecule has 5 nitrogen and oxygen atoms in total. The molecule has 8 heteroatoms. The van der Waals surface area contributed by atoms with Crippen LogP contribution in [0.4, 0.5) is 10.9 Å². The Morgan fingerprint density at radius 2 is 2.18 bits per heavy atom. The summed E-state index contributed by atoms with van der Waals surface area (Å²) in [7, 11) is 0. The molecule has 0 aliphatic carbocycles. The van der Waals surface area contributed by atoms with Gasteiger partial charge in [-0.3, -0.25) is 4.99 Å². The average molecular weight is 399 g/mol. The van der Waals surface area contributed by atoms with Crippen LogP contribution in [0, 0.1) is 0 Å². The average Bonchev–Trinajstić information content (AvgIpc) is 3.16. The summed E-state index contributed by atoms with van der Waals surface area (Å²) in [5, 5.41) is 3.18. The Morgan fingerprint density at radius 1 is 1.32 bits per heavy atom. The molecule has 1 saturated heterocycles. The number of anilines is 2. The molecule has 0 unspecified atom stereocenters. The van der Waals surface area contributed by atoms with Gasteiger partial charge in [-0.15, -0.1) is 11.3 Å². The van der Waals surface area contributed by atoms with E-state index < -0.39 is 0 Å². The molecule has 0 bridgehead atoms. The van der Waals surface area contributed by atoms with Crippen LogP contribution in [0.1, 0.15) is 10.4 Å². The maximum Gasteiger partial charge on any atom is 0.188 e. The zero-order valence-electron chi connectivity index (χ0n) is 11.9. The Morgan fingerprint density at radius 3 is 2.95 bits per heavy atom. The van der Waals surface area contributed by atoms with E-state index in [2.05, 4.69) is 42.2 Å². The van der Waals surface area contributed by atoms with Crippen LogP contribution in [0.25, 0.3) is 0 Å². The van der Waals surface area contributed by atoms with Gasteiger partial charge in [-0.05, 0) is 32.9 Å². The molecule has 0 radical (unpaired) electrons. The van der Waals surface area contributed by atoms with E-state index in [1.54, 1.807) is 22.7 Å². The van der Waals surface area contributed by atoms with E-state index in [0.717, 1.165) is 48.7 Å². The van der Waals surface area contributed by atoms with E-state index in [1.165, 1.54) is 9.35 Å². The number of aromatic nitrogens is 1. The first-order valence-electron chi connectivity index (χ1n) is 7.11. The lowest BCUT2D eigenvalue weighted by atomic mass is 10.3. The Labute approximate surface area is 145 Å². The van der Waals surface area contributed by atoms with Crippen LogP contribution in [0.3, 0.4) is 0 Å². The monoisotopic (exact) mass is 398 g/mol. The van der Waals surface area contributed by atoms with Crippen LogP contribution in [-0.2, 0) is 11.3 Å². The minimum Gasteiger partial charge on any atom is -0.378 e. The van der Waals surface area contributed by atoms with Gasteiger partial charge in [0.15, 0.2) is 10.9 Å². The number of rotatable bonds is 3. The highest BCUT2D eigenvalue weighted by molar-refractivity contribution is 9.11. The van der Waals surface area contributed by atoms with E-state index in [0.29, 0.717) is 6.67 Å². The largest absolute Gasteiger partial charge is 0.378 e. The molecular weight excluding hydrogens is 384 g/mol. The molecule has 22 heavy (non-hydrogen) atoms. The smallest absolute Gasteiger partial charge is 0.188 e. The Balaban J connectivity index is 1.59. The standard InChI is InChI=1S/C14H15BrN4OS2/c15-12-10(1-6-21-12)8-19-9-16-7-11-13(19)17-14(22-11)18-2-4-20-5-3-18/h1,6-7H,2-5,8-9H2. The maximum absolute atomic E-state index is 5.42. The topological polar surface area (TPSA) is 41.0 Å². The number of hydrogen-bond acceptors (Lipinski definition) is 7. The molecule has 0 N–H and O–H groups in total. The summed E-state index contributed by atoms with van der Waals surface area (Å²) in [5.74, 6) is 1.06. The number of ether oxygens (including phenoxy) is 1. The fraction of sp³-hybridized carbons (Fsp3) is 0.429. The second-order valence-corrected chi connectivity index (χ2v) is 8.40. The fourth-order valence-corrected chi connectivity index (χ4v) is 4.82. The summed E-state index contributed by atoms with van der Waals surface area (Å²) < 4.78 is 6.61. The molecule has 2 aliphatic heterocycles. The van der Waals surface area contributed by atoms with Gasteiger partial charge in [0.05, 0.1) is 21.9 Å². The molecule has 2 aromatic heterocycles. The van der Waals surface area contributed by atoms with E-state index in [-0.39, 0.29) is 0 Å². The van der Waals surface area contributed by atoms with Crippen LogP contribution in [0.15, 0.2) is 20.2 Å². The summed E-state index contributed by atoms with van der Waals surface area (Å²) in [6.07, 6.45) is 1.95. The molecule has 4 rings (SSSR count). The molecule has 4 heterocycles. The number of morpholine rings is 1. The maximum atomic E-state index is 5.42. The van der Waals surface area contributed by atoms with Gasteiger partial charge in [-0.25, -0.2) is 4.98 Å². The quantitative estimate of drug-likeness (QED) is 0.795. The summed E-state index contributed by atoms with van der Waals surface area (Å²) in [5.41, 5.74) is 1.29. The van der Waals surface area contributed by atoms with Crippen molar-refractivity contribution < 1.29 is 4.74 Å². The molecule has 0 saturated carbocycles. The molecule has 2 aromatic rings. The van der Waals surface area contributed by atoms with Crippen molar-refractivity contribution in [1.29, 1.82) is 0 Å². The van der Waals surface area contributed by atoms with E-state index >= 15 is 0 Å². The number of aliphatic imine (C=N–C) groups is 1. The normalized spacial score (nSPS) is 17.9. The van der Waals surface area contributed by atoms with Gasteiger partial charge in [0.25, 0.3) is 0 Å². The van der Waals surface area contributed by atoms with Crippen molar-refractivity contribution in [3.05, 3.63) is 25.7 Å². The van der Waals surface area contributed by atoms with E-state index in [9.17, 15) is 0 Å². The third-order valence-electron chi connectivity index (χ3n) is 3.72. The fourth-order valence-electron chi connectivity index (χ4n) is 2.56. The molecule has 0 spiro atoms. The molecule has 0 aromatic carbocycles. The van der Waals surface area contributed by atoms with Crippen LogP contribution >= 0.6 is 38.6 Å². The second-order valence-electron chi connectivity index (χ2n) is 5.15. The predicted octanol–water partition coefficient (Wildman–Crippen LogP) is 3.20. The molecule has 1 fully saturated rings. The van der Waals surface area contributed by atoms with Crippen molar-refractivity contribution in [2.45, 2.75) is 6.54 Å². The molecular formula is C14H15BrN4OS2. The van der Waals surface area contributed by atoms with Crippen LogP contribution < -0.4 is 9.80 Å². The van der Waals surface area contributed by atoms with Gasteiger partial charge in [0.1, 0.15) is 6.67 Å². The zero-order valence-corrected chi connectivity index (χ0v) is 15.1. The van der Waals surface area contributed by atoms with Gasteiger partial charge >= 0.3 is 0 Å². The highest BCUT2D eigenvalue weighted by atomic mass is 79.9. The molecule has 0 atom stereocenters. The van der Waals surface area contributed by atoms with Crippen molar-refractivity contribution in [2.24, 2.45) is 4.99 Å². The van der Waals surface area contributed by atoms with Crippen molar-refractivity contribution in [3.63, 3.8) is 0 Å². The van der Waals surface area contributed by atoms with Crippen LogP contribution in [-0.4, -0.2) is 44.2 Å². The number of nitrogens with zero attached hydrogens (tertiary/aromatic N) is 4. The van der Waals surface area contributed by atoms with E-state index in [1.807, 2.05) is 6.21 Å². The first-order chi connectivity index (χ1) is 10.8. The van der Waals surface area contributed by atoms with Gasteiger partial charge in [-0.1, -0.05) is 11.3 Å². The minimum atomic E-state index is 0.668.